The molecular formula is C17H17N7. The second kappa shape index (κ2) is 5.52. The number of nitrogens with zero attached hydrogens (tertiary/aromatic N) is 6. The monoisotopic (exact) mass is 319 g/mol. The van der Waals surface area contributed by atoms with Crippen LogP contribution in [0.25, 0.3) is 28.3 Å². The van der Waals surface area contributed by atoms with Gasteiger partial charge in [0, 0.05) is 23.9 Å². The van der Waals surface area contributed by atoms with Gasteiger partial charge in [0.25, 0.3) is 0 Å². The van der Waals surface area contributed by atoms with Crippen LogP contribution in [0.1, 0.15) is 31.2 Å². The number of fused-ring (bicyclic) bond motifs is 1. The molecule has 120 valence electrons. The molecule has 0 radical (unpaired) electrons. The van der Waals surface area contributed by atoms with Gasteiger partial charge in [0.05, 0.1) is 5.69 Å². The minimum absolute atomic E-state index is 0.282. The first-order chi connectivity index (χ1) is 11.6. The van der Waals surface area contributed by atoms with E-state index < -0.39 is 0 Å². The maximum absolute atomic E-state index is 4.45. The molecule has 0 aromatic carbocycles. The van der Waals surface area contributed by atoms with Gasteiger partial charge in [-0.15, -0.1) is 10.2 Å². The third kappa shape index (κ3) is 2.25. The molecule has 24 heavy (non-hydrogen) atoms. The fraction of sp³-hybridized carbons (Fsp3) is 0.235. The largest absolute Gasteiger partial charge is 0.286 e. The van der Waals surface area contributed by atoms with Gasteiger partial charge in [-0.05, 0) is 30.7 Å². The second-order valence-electron chi connectivity index (χ2n) is 6.05. The first-order valence-corrected chi connectivity index (χ1v) is 7.83. The second-order valence-corrected chi connectivity index (χ2v) is 6.05. The van der Waals surface area contributed by atoms with Crippen molar-refractivity contribution >= 4 is 5.65 Å². The van der Waals surface area contributed by atoms with E-state index in [-0.39, 0.29) is 5.92 Å². The van der Waals surface area contributed by atoms with E-state index in [1.807, 2.05) is 41.8 Å². The summed E-state index contributed by atoms with van der Waals surface area (Å²) in [7, 11) is 0. The van der Waals surface area contributed by atoms with Crippen LogP contribution in [0.4, 0.5) is 0 Å². The summed E-state index contributed by atoms with van der Waals surface area (Å²) < 4.78 is 2.00. The van der Waals surface area contributed by atoms with Gasteiger partial charge in [-0.2, -0.15) is 15.4 Å². The molecule has 0 fully saturated rings. The number of hydrogen-bond donors (Lipinski definition) is 1. The Balaban J connectivity index is 1.89. The first-order valence-electron chi connectivity index (χ1n) is 7.83. The van der Waals surface area contributed by atoms with E-state index >= 15 is 0 Å². The van der Waals surface area contributed by atoms with Crippen LogP contribution in [-0.4, -0.2) is 35.0 Å². The van der Waals surface area contributed by atoms with E-state index in [4.69, 9.17) is 0 Å². The van der Waals surface area contributed by atoms with Crippen LogP contribution in [0.2, 0.25) is 0 Å². The van der Waals surface area contributed by atoms with E-state index in [1.165, 1.54) is 0 Å². The Morgan fingerprint density at radius 1 is 1.00 bits per heavy atom. The van der Waals surface area contributed by atoms with Crippen LogP contribution >= 0.6 is 0 Å². The molecule has 4 aromatic heterocycles. The highest BCUT2D eigenvalue weighted by Crippen LogP contribution is 2.29. The summed E-state index contributed by atoms with van der Waals surface area (Å²) in [6.45, 7) is 6.21. The summed E-state index contributed by atoms with van der Waals surface area (Å²) in [5, 5.41) is 19.9. The van der Waals surface area contributed by atoms with E-state index in [0.29, 0.717) is 0 Å². The maximum Gasteiger partial charge on any atom is 0.160 e. The molecule has 7 nitrogen and oxygen atoms in total. The molecule has 0 saturated heterocycles. The van der Waals surface area contributed by atoms with Crippen LogP contribution in [0.15, 0.2) is 36.7 Å². The SMILES string of the molecule is Cc1cccnc1-c1n[nH]nc1-c1ccc2nnc(C(C)C)n2c1. The minimum Gasteiger partial charge on any atom is -0.286 e. The Morgan fingerprint density at radius 3 is 2.62 bits per heavy atom. The van der Waals surface area contributed by atoms with Gasteiger partial charge >= 0.3 is 0 Å². The molecule has 0 saturated carbocycles. The van der Waals surface area contributed by atoms with Crippen molar-refractivity contribution in [3.8, 4) is 22.6 Å². The third-order valence-electron chi connectivity index (χ3n) is 4.00. The molecule has 0 aliphatic carbocycles. The van der Waals surface area contributed by atoms with Gasteiger partial charge in [-0.1, -0.05) is 19.9 Å². The smallest absolute Gasteiger partial charge is 0.160 e. The van der Waals surface area contributed by atoms with E-state index in [9.17, 15) is 0 Å². The zero-order chi connectivity index (χ0) is 16.7. The summed E-state index contributed by atoms with van der Waals surface area (Å²) in [6, 6.07) is 7.85. The Kier molecular flexibility index (Phi) is 3.34. The van der Waals surface area contributed by atoms with Crippen LogP contribution < -0.4 is 0 Å². The Morgan fingerprint density at radius 2 is 1.83 bits per heavy atom. The highest BCUT2D eigenvalue weighted by atomic mass is 15.3. The average Bonchev–Trinajstić information content (AvgIpc) is 3.21. The first kappa shape index (κ1) is 14.5. The lowest BCUT2D eigenvalue weighted by molar-refractivity contribution is 0.759. The molecule has 0 unspecified atom stereocenters. The van der Waals surface area contributed by atoms with Crippen LogP contribution in [0.3, 0.4) is 0 Å². The number of aromatic amines is 1. The van der Waals surface area contributed by atoms with Gasteiger partial charge in [-0.3, -0.25) is 9.38 Å². The third-order valence-corrected chi connectivity index (χ3v) is 4.00. The normalized spacial score (nSPS) is 11.5. The molecule has 1 N–H and O–H groups in total. The van der Waals surface area contributed by atoms with E-state index in [0.717, 1.165) is 39.7 Å². The lowest BCUT2D eigenvalue weighted by atomic mass is 10.1. The van der Waals surface area contributed by atoms with Crippen LogP contribution in [0, 0.1) is 6.92 Å². The summed E-state index contributed by atoms with van der Waals surface area (Å²) in [5.41, 5.74) is 5.16. The van der Waals surface area contributed by atoms with Gasteiger partial charge in [0.1, 0.15) is 17.2 Å². The highest BCUT2D eigenvalue weighted by molar-refractivity contribution is 5.77. The fourth-order valence-corrected chi connectivity index (χ4v) is 2.77. The summed E-state index contributed by atoms with van der Waals surface area (Å²) in [6.07, 6.45) is 3.77. The maximum atomic E-state index is 4.45. The molecule has 0 aliphatic rings. The Bertz CT molecular complexity index is 1010. The molecule has 0 atom stereocenters. The lowest BCUT2D eigenvalue weighted by Crippen LogP contribution is -1.98. The quantitative estimate of drug-likeness (QED) is 0.627. The predicted octanol–water partition coefficient (Wildman–Crippen LogP) is 3.01. The molecule has 4 aromatic rings. The summed E-state index contributed by atoms with van der Waals surface area (Å²) in [5.74, 6) is 1.20. The van der Waals surface area contributed by atoms with Gasteiger partial charge in [0.15, 0.2) is 5.65 Å². The summed E-state index contributed by atoms with van der Waals surface area (Å²) in [4.78, 5) is 4.45. The molecule has 4 rings (SSSR count). The number of H-pyrrole nitrogens is 1. The van der Waals surface area contributed by atoms with Gasteiger partial charge in [0.2, 0.25) is 0 Å². The molecule has 0 bridgehead atoms. The lowest BCUT2D eigenvalue weighted by Gasteiger charge is -2.06. The number of nitrogens with one attached hydrogen (secondary N) is 1. The van der Waals surface area contributed by atoms with Crippen LogP contribution in [0.5, 0.6) is 0 Å². The molecule has 4 heterocycles. The van der Waals surface area contributed by atoms with Crippen molar-refractivity contribution in [3.63, 3.8) is 0 Å². The Hall–Kier alpha value is -3.09. The highest BCUT2D eigenvalue weighted by Gasteiger charge is 2.17. The Labute approximate surface area is 138 Å². The number of aryl methyl sites for hydroxylation is 1. The van der Waals surface area contributed by atoms with Crippen molar-refractivity contribution in [2.75, 3.05) is 0 Å². The van der Waals surface area contributed by atoms with Crippen molar-refractivity contribution < 1.29 is 0 Å². The van der Waals surface area contributed by atoms with Crippen molar-refractivity contribution in [1.29, 1.82) is 0 Å². The fourth-order valence-electron chi connectivity index (χ4n) is 2.77. The topological polar surface area (TPSA) is 84.6 Å². The zero-order valence-corrected chi connectivity index (χ0v) is 13.7. The van der Waals surface area contributed by atoms with E-state index in [1.54, 1.807) is 6.20 Å². The van der Waals surface area contributed by atoms with Crippen molar-refractivity contribution in [3.05, 3.63) is 48.0 Å². The van der Waals surface area contributed by atoms with Crippen molar-refractivity contribution in [2.45, 2.75) is 26.7 Å². The standard InChI is InChI=1S/C17H17N7/c1-10(2)17-22-19-13-7-6-12(9-24(13)17)15-16(21-23-20-15)14-11(3)5-4-8-18-14/h4-10H,1-3H3,(H,20,21,23). The number of aromatic nitrogens is 7. The minimum atomic E-state index is 0.282. The number of pyridine rings is 2. The van der Waals surface area contributed by atoms with Gasteiger partial charge < -0.3 is 0 Å². The number of hydrogen-bond acceptors (Lipinski definition) is 5. The molecule has 0 spiro atoms. The number of rotatable bonds is 3. The van der Waals surface area contributed by atoms with Crippen molar-refractivity contribution in [2.24, 2.45) is 0 Å². The van der Waals surface area contributed by atoms with Crippen LogP contribution in [-0.2, 0) is 0 Å². The van der Waals surface area contributed by atoms with Crippen molar-refractivity contribution in [1.82, 2.24) is 35.0 Å². The zero-order valence-electron chi connectivity index (χ0n) is 13.7. The van der Waals surface area contributed by atoms with Gasteiger partial charge in [-0.25, -0.2) is 0 Å². The van der Waals surface area contributed by atoms with E-state index in [2.05, 4.69) is 44.4 Å². The molecule has 0 amide bonds. The molecule has 7 heteroatoms. The molecular weight excluding hydrogens is 302 g/mol. The summed E-state index contributed by atoms with van der Waals surface area (Å²) >= 11 is 0. The molecule has 0 aliphatic heterocycles. The average molecular weight is 319 g/mol. The predicted molar refractivity (Wildman–Crippen MR) is 90.4 cm³/mol.